The van der Waals surface area contributed by atoms with Gasteiger partial charge in [0.05, 0.1) is 5.56 Å². The maximum Gasteiger partial charge on any atom is 0.337 e. The molecule has 4 nitrogen and oxygen atoms in total. The summed E-state index contributed by atoms with van der Waals surface area (Å²) >= 11 is 0. The SMILES string of the molecule is CC1CCCCCC1Nc1ccc(C(=O)O)cn1. The number of pyridine rings is 1. The molecular formula is C14H20N2O2. The highest BCUT2D eigenvalue weighted by molar-refractivity contribution is 5.87. The molecule has 4 heteroatoms. The number of nitrogens with one attached hydrogen (secondary N) is 1. The number of nitrogens with zero attached hydrogens (tertiary/aromatic N) is 1. The van der Waals surface area contributed by atoms with Crippen molar-refractivity contribution in [3.63, 3.8) is 0 Å². The van der Waals surface area contributed by atoms with Crippen molar-refractivity contribution in [3.05, 3.63) is 23.9 Å². The van der Waals surface area contributed by atoms with E-state index in [9.17, 15) is 4.79 Å². The van der Waals surface area contributed by atoms with Gasteiger partial charge >= 0.3 is 5.97 Å². The molecule has 1 aromatic heterocycles. The van der Waals surface area contributed by atoms with Gasteiger partial charge in [0, 0.05) is 12.2 Å². The molecule has 2 unspecified atom stereocenters. The Kier molecular flexibility index (Phi) is 4.18. The minimum atomic E-state index is -0.933. The van der Waals surface area contributed by atoms with Crippen molar-refractivity contribution < 1.29 is 9.90 Å². The molecule has 0 spiro atoms. The fourth-order valence-electron chi connectivity index (χ4n) is 2.50. The van der Waals surface area contributed by atoms with E-state index in [0.717, 1.165) is 5.82 Å². The largest absolute Gasteiger partial charge is 0.478 e. The Morgan fingerprint density at radius 1 is 1.33 bits per heavy atom. The van der Waals surface area contributed by atoms with Crippen molar-refractivity contribution >= 4 is 11.8 Å². The van der Waals surface area contributed by atoms with Gasteiger partial charge in [0.15, 0.2) is 0 Å². The number of aromatic nitrogens is 1. The van der Waals surface area contributed by atoms with Gasteiger partial charge in [-0.05, 0) is 30.9 Å². The highest BCUT2D eigenvalue weighted by Gasteiger charge is 2.19. The van der Waals surface area contributed by atoms with Gasteiger partial charge in [-0.3, -0.25) is 0 Å². The van der Waals surface area contributed by atoms with Gasteiger partial charge < -0.3 is 10.4 Å². The minimum absolute atomic E-state index is 0.231. The quantitative estimate of drug-likeness (QED) is 0.806. The fraction of sp³-hybridized carbons (Fsp3) is 0.571. The van der Waals surface area contributed by atoms with Crippen LogP contribution in [-0.4, -0.2) is 22.1 Å². The van der Waals surface area contributed by atoms with E-state index in [4.69, 9.17) is 5.11 Å². The van der Waals surface area contributed by atoms with E-state index in [2.05, 4.69) is 17.2 Å². The number of aromatic carboxylic acids is 1. The second-order valence-corrected chi connectivity index (χ2v) is 5.10. The molecule has 1 aromatic rings. The molecule has 1 heterocycles. The lowest BCUT2D eigenvalue weighted by Crippen LogP contribution is -2.26. The first-order valence-corrected chi connectivity index (χ1v) is 6.62. The summed E-state index contributed by atoms with van der Waals surface area (Å²) in [4.78, 5) is 14.9. The standard InChI is InChI=1S/C14H20N2O2/c1-10-5-3-2-4-6-12(10)16-13-8-7-11(9-15-13)14(17)18/h7-10,12H,2-6H2,1H3,(H,15,16)(H,17,18). The predicted molar refractivity (Wildman–Crippen MR) is 70.9 cm³/mol. The van der Waals surface area contributed by atoms with Crippen LogP contribution in [0.15, 0.2) is 18.3 Å². The Morgan fingerprint density at radius 2 is 2.11 bits per heavy atom. The molecule has 98 valence electrons. The van der Waals surface area contributed by atoms with E-state index in [1.807, 2.05) is 0 Å². The first-order chi connectivity index (χ1) is 8.66. The number of rotatable bonds is 3. The van der Waals surface area contributed by atoms with E-state index in [0.29, 0.717) is 12.0 Å². The van der Waals surface area contributed by atoms with Gasteiger partial charge in [-0.2, -0.15) is 0 Å². The summed E-state index contributed by atoms with van der Waals surface area (Å²) in [7, 11) is 0. The third kappa shape index (κ3) is 3.22. The average Bonchev–Trinajstić information content (AvgIpc) is 2.56. The Balaban J connectivity index is 2.01. The van der Waals surface area contributed by atoms with Crippen molar-refractivity contribution in [1.82, 2.24) is 4.98 Å². The molecule has 1 saturated carbocycles. The van der Waals surface area contributed by atoms with Gasteiger partial charge in [-0.1, -0.05) is 26.2 Å². The Hall–Kier alpha value is -1.58. The predicted octanol–water partition coefficient (Wildman–Crippen LogP) is 3.16. The number of carboxylic acid groups (broad SMARTS) is 1. The topological polar surface area (TPSA) is 62.2 Å². The maximum atomic E-state index is 10.7. The van der Waals surface area contributed by atoms with Crippen LogP contribution in [-0.2, 0) is 0 Å². The van der Waals surface area contributed by atoms with E-state index < -0.39 is 5.97 Å². The third-order valence-electron chi connectivity index (χ3n) is 3.71. The van der Waals surface area contributed by atoms with Gasteiger partial charge in [-0.15, -0.1) is 0 Å². The summed E-state index contributed by atoms with van der Waals surface area (Å²) in [5.41, 5.74) is 0.231. The lowest BCUT2D eigenvalue weighted by Gasteiger charge is -2.23. The first kappa shape index (κ1) is 12.9. The molecule has 0 bridgehead atoms. The molecule has 2 rings (SSSR count). The first-order valence-electron chi connectivity index (χ1n) is 6.62. The maximum absolute atomic E-state index is 10.7. The Labute approximate surface area is 107 Å². The molecule has 1 aliphatic carbocycles. The molecule has 2 N–H and O–H groups in total. The van der Waals surface area contributed by atoms with Crippen molar-refractivity contribution in [2.75, 3.05) is 5.32 Å². The van der Waals surface area contributed by atoms with Crippen molar-refractivity contribution in [2.45, 2.75) is 45.1 Å². The normalized spacial score (nSPS) is 24.3. The van der Waals surface area contributed by atoms with Gasteiger partial charge in [0.2, 0.25) is 0 Å². The van der Waals surface area contributed by atoms with E-state index in [-0.39, 0.29) is 5.56 Å². The summed E-state index contributed by atoms with van der Waals surface area (Å²) in [6.07, 6.45) is 7.72. The summed E-state index contributed by atoms with van der Waals surface area (Å²) in [6, 6.07) is 3.80. The second kappa shape index (κ2) is 5.85. The second-order valence-electron chi connectivity index (χ2n) is 5.10. The van der Waals surface area contributed by atoms with E-state index >= 15 is 0 Å². The molecule has 2 atom stereocenters. The van der Waals surface area contributed by atoms with Crippen molar-refractivity contribution in [2.24, 2.45) is 5.92 Å². The zero-order valence-electron chi connectivity index (χ0n) is 10.7. The number of carbonyl (C=O) groups is 1. The van der Waals surface area contributed by atoms with Crippen LogP contribution in [0.3, 0.4) is 0 Å². The molecule has 18 heavy (non-hydrogen) atoms. The molecular weight excluding hydrogens is 228 g/mol. The van der Waals surface area contributed by atoms with Crippen LogP contribution in [0.5, 0.6) is 0 Å². The fourth-order valence-corrected chi connectivity index (χ4v) is 2.50. The molecule has 0 aromatic carbocycles. The highest BCUT2D eigenvalue weighted by atomic mass is 16.4. The molecule has 1 aliphatic rings. The molecule has 0 radical (unpaired) electrons. The molecule has 0 aliphatic heterocycles. The Bertz CT molecular complexity index is 403. The zero-order valence-corrected chi connectivity index (χ0v) is 10.7. The van der Waals surface area contributed by atoms with Crippen LogP contribution < -0.4 is 5.32 Å². The van der Waals surface area contributed by atoms with Crippen LogP contribution >= 0.6 is 0 Å². The number of carboxylic acids is 1. The van der Waals surface area contributed by atoms with Crippen LogP contribution in [0.25, 0.3) is 0 Å². The molecule has 0 amide bonds. The van der Waals surface area contributed by atoms with Crippen LogP contribution in [0.1, 0.15) is 49.4 Å². The summed E-state index contributed by atoms with van der Waals surface area (Å²) < 4.78 is 0. The van der Waals surface area contributed by atoms with Gasteiger partial charge in [0.25, 0.3) is 0 Å². The van der Waals surface area contributed by atoms with E-state index in [1.165, 1.54) is 38.3 Å². The zero-order chi connectivity index (χ0) is 13.0. The summed E-state index contributed by atoms with van der Waals surface area (Å²) in [5.74, 6) is 0.490. The average molecular weight is 248 g/mol. The number of anilines is 1. The van der Waals surface area contributed by atoms with Crippen molar-refractivity contribution in [1.29, 1.82) is 0 Å². The number of hydrogen-bond donors (Lipinski definition) is 2. The van der Waals surface area contributed by atoms with Crippen LogP contribution in [0.4, 0.5) is 5.82 Å². The monoisotopic (exact) mass is 248 g/mol. The van der Waals surface area contributed by atoms with Gasteiger partial charge in [0.1, 0.15) is 5.82 Å². The minimum Gasteiger partial charge on any atom is -0.478 e. The smallest absolute Gasteiger partial charge is 0.337 e. The summed E-state index contributed by atoms with van der Waals surface area (Å²) in [6.45, 7) is 2.27. The van der Waals surface area contributed by atoms with Crippen molar-refractivity contribution in [3.8, 4) is 0 Å². The Morgan fingerprint density at radius 3 is 2.78 bits per heavy atom. The molecule has 0 saturated heterocycles. The highest BCUT2D eigenvalue weighted by Crippen LogP contribution is 2.25. The lowest BCUT2D eigenvalue weighted by atomic mass is 9.97. The van der Waals surface area contributed by atoms with E-state index in [1.54, 1.807) is 12.1 Å². The van der Waals surface area contributed by atoms with Gasteiger partial charge in [-0.25, -0.2) is 9.78 Å². The third-order valence-corrected chi connectivity index (χ3v) is 3.71. The van der Waals surface area contributed by atoms with Crippen LogP contribution in [0, 0.1) is 5.92 Å². The van der Waals surface area contributed by atoms with Crippen LogP contribution in [0.2, 0.25) is 0 Å². The molecule has 1 fully saturated rings. The lowest BCUT2D eigenvalue weighted by molar-refractivity contribution is 0.0696. The number of hydrogen-bond acceptors (Lipinski definition) is 3. The summed E-state index contributed by atoms with van der Waals surface area (Å²) in [5, 5.41) is 12.2.